The van der Waals surface area contributed by atoms with Gasteiger partial charge in [0.05, 0.1) is 6.61 Å². The van der Waals surface area contributed by atoms with Gasteiger partial charge in [-0.2, -0.15) is 0 Å². The Bertz CT molecular complexity index is 201. The lowest BCUT2D eigenvalue weighted by Gasteiger charge is -2.07. The molecule has 0 fully saturated rings. The Morgan fingerprint density at radius 1 is 1.27 bits per heavy atom. The second-order valence-corrected chi connectivity index (χ2v) is 3.66. The quantitative estimate of drug-likeness (QED) is 0.681. The minimum absolute atomic E-state index is 0.0263. The van der Waals surface area contributed by atoms with Crippen molar-refractivity contribution in [3.05, 3.63) is 30.3 Å². The van der Waals surface area contributed by atoms with Crippen molar-refractivity contribution in [2.24, 2.45) is 0 Å². The average molecular weight is 170 g/mol. The number of hydrogen-bond acceptors (Lipinski definition) is 2. The van der Waals surface area contributed by atoms with E-state index in [1.54, 1.807) is 12.1 Å². The smallest absolute Gasteiger partial charge is 0.152 e. The zero-order chi connectivity index (χ0) is 8.10. The topological polar surface area (TPSA) is 43.3 Å². The molecule has 0 bridgehead atoms. The average Bonchev–Trinajstić information content (AvgIpc) is 2.07. The summed E-state index contributed by atoms with van der Waals surface area (Å²) in [7, 11) is 0. The molecule has 0 amide bonds. The monoisotopic (exact) mass is 170 g/mol. The Hall–Kier alpha value is -0.510. The zero-order valence-corrected chi connectivity index (χ0v) is 6.88. The van der Waals surface area contributed by atoms with Crippen LogP contribution in [0.15, 0.2) is 35.2 Å². The highest BCUT2D eigenvalue weighted by atomic mass is 32.2. The van der Waals surface area contributed by atoms with Crippen LogP contribution in [-0.2, 0) is 11.2 Å². The van der Waals surface area contributed by atoms with E-state index < -0.39 is 11.2 Å². The predicted molar refractivity (Wildman–Crippen MR) is 44.8 cm³/mol. The van der Waals surface area contributed by atoms with Gasteiger partial charge >= 0.3 is 0 Å². The Kier molecular flexibility index (Phi) is 3.42. The van der Waals surface area contributed by atoms with Crippen LogP contribution in [0.25, 0.3) is 0 Å². The van der Waals surface area contributed by atoms with Crippen LogP contribution >= 0.6 is 0 Å². The first-order valence-corrected chi connectivity index (χ1v) is 4.71. The minimum atomic E-state index is -1.03. The van der Waals surface area contributed by atoms with Crippen LogP contribution in [0.2, 0.25) is 0 Å². The van der Waals surface area contributed by atoms with Gasteiger partial charge in [-0.1, -0.05) is 18.2 Å². The Morgan fingerprint density at radius 3 is 2.45 bits per heavy atom. The first-order chi connectivity index (χ1) is 5.34. The van der Waals surface area contributed by atoms with E-state index in [9.17, 15) is 4.55 Å². The van der Waals surface area contributed by atoms with E-state index in [0.717, 1.165) is 4.90 Å². The van der Waals surface area contributed by atoms with E-state index in [4.69, 9.17) is 5.11 Å². The maximum Gasteiger partial charge on any atom is 0.152 e. The van der Waals surface area contributed by atoms with Gasteiger partial charge < -0.3 is 9.66 Å². The molecule has 0 aromatic heterocycles. The third-order valence-electron chi connectivity index (χ3n) is 1.28. The third kappa shape index (κ3) is 2.54. The summed E-state index contributed by atoms with van der Waals surface area (Å²) in [5, 5.41) is 8.50. The van der Waals surface area contributed by atoms with Crippen molar-refractivity contribution in [1.29, 1.82) is 0 Å². The fourth-order valence-corrected chi connectivity index (χ4v) is 1.64. The maximum atomic E-state index is 11.2. The highest BCUT2D eigenvalue weighted by Gasteiger charge is 2.07. The molecule has 0 saturated heterocycles. The second-order valence-electron chi connectivity index (χ2n) is 2.09. The summed E-state index contributed by atoms with van der Waals surface area (Å²) in [6, 6.07) is 9.15. The van der Waals surface area contributed by atoms with Crippen LogP contribution in [-0.4, -0.2) is 22.0 Å². The minimum Gasteiger partial charge on any atom is -0.611 e. The number of aliphatic hydroxyl groups excluding tert-OH is 1. The largest absolute Gasteiger partial charge is 0.611 e. The number of rotatable bonds is 3. The Morgan fingerprint density at radius 2 is 1.91 bits per heavy atom. The molecule has 3 heteroatoms. The van der Waals surface area contributed by atoms with Gasteiger partial charge in [0.2, 0.25) is 0 Å². The van der Waals surface area contributed by atoms with Gasteiger partial charge in [0.25, 0.3) is 0 Å². The van der Waals surface area contributed by atoms with Gasteiger partial charge in [-0.25, -0.2) is 0 Å². The third-order valence-corrected chi connectivity index (χ3v) is 2.63. The van der Waals surface area contributed by atoms with Crippen molar-refractivity contribution in [2.45, 2.75) is 4.90 Å². The molecular formula is C8H10O2S. The van der Waals surface area contributed by atoms with Gasteiger partial charge in [0.15, 0.2) is 4.90 Å². The second kappa shape index (κ2) is 4.38. The predicted octanol–water partition coefficient (Wildman–Crippen LogP) is 0.787. The van der Waals surface area contributed by atoms with Gasteiger partial charge in [-0.3, -0.25) is 0 Å². The molecule has 0 aliphatic carbocycles. The van der Waals surface area contributed by atoms with Crippen LogP contribution in [0.4, 0.5) is 0 Å². The van der Waals surface area contributed by atoms with E-state index in [2.05, 4.69) is 0 Å². The number of aliphatic hydroxyl groups is 1. The van der Waals surface area contributed by atoms with E-state index >= 15 is 0 Å². The van der Waals surface area contributed by atoms with Crippen molar-refractivity contribution >= 4 is 11.2 Å². The van der Waals surface area contributed by atoms with Crippen LogP contribution in [0.5, 0.6) is 0 Å². The summed E-state index contributed by atoms with van der Waals surface area (Å²) < 4.78 is 11.2. The lowest BCUT2D eigenvalue weighted by molar-refractivity contribution is 0.319. The van der Waals surface area contributed by atoms with E-state index in [-0.39, 0.29) is 6.61 Å². The van der Waals surface area contributed by atoms with Crippen LogP contribution < -0.4 is 0 Å². The van der Waals surface area contributed by atoms with Gasteiger partial charge in [-0.15, -0.1) is 0 Å². The summed E-state index contributed by atoms with van der Waals surface area (Å²) in [6.45, 7) is -0.0263. The van der Waals surface area contributed by atoms with Gasteiger partial charge in [-0.05, 0) is 23.3 Å². The highest BCUT2D eigenvalue weighted by Crippen LogP contribution is 2.08. The van der Waals surface area contributed by atoms with Crippen LogP contribution in [0.1, 0.15) is 0 Å². The molecule has 60 valence electrons. The van der Waals surface area contributed by atoms with Crippen molar-refractivity contribution in [2.75, 3.05) is 12.4 Å². The lowest BCUT2D eigenvalue weighted by atomic mass is 10.4. The fraction of sp³-hybridized carbons (Fsp3) is 0.250. The molecule has 2 nitrogen and oxygen atoms in total. The SMILES string of the molecule is [O-][S+](CCO)c1ccccc1. The summed E-state index contributed by atoms with van der Waals surface area (Å²) in [5.41, 5.74) is 0. The Labute approximate surface area is 69.0 Å². The van der Waals surface area contributed by atoms with Gasteiger partial charge in [0.1, 0.15) is 5.75 Å². The molecule has 0 heterocycles. The van der Waals surface area contributed by atoms with Crippen molar-refractivity contribution in [3.8, 4) is 0 Å². The first-order valence-electron chi connectivity index (χ1n) is 3.39. The molecule has 0 radical (unpaired) electrons. The molecule has 1 rings (SSSR count). The van der Waals surface area contributed by atoms with Crippen molar-refractivity contribution in [3.63, 3.8) is 0 Å². The van der Waals surface area contributed by atoms with Crippen LogP contribution in [0.3, 0.4) is 0 Å². The maximum absolute atomic E-state index is 11.2. The highest BCUT2D eigenvalue weighted by molar-refractivity contribution is 7.91. The molecule has 11 heavy (non-hydrogen) atoms. The molecule has 0 saturated carbocycles. The molecule has 0 spiro atoms. The summed E-state index contributed by atoms with van der Waals surface area (Å²) >= 11 is -1.03. The van der Waals surface area contributed by atoms with Crippen molar-refractivity contribution in [1.82, 2.24) is 0 Å². The normalized spacial score (nSPS) is 12.9. The van der Waals surface area contributed by atoms with Crippen molar-refractivity contribution < 1.29 is 9.66 Å². The molecule has 1 aromatic rings. The lowest BCUT2D eigenvalue weighted by Crippen LogP contribution is -2.09. The van der Waals surface area contributed by atoms with Crippen LogP contribution in [0, 0.1) is 0 Å². The zero-order valence-electron chi connectivity index (χ0n) is 6.06. The molecule has 1 N–H and O–H groups in total. The molecule has 0 aliphatic heterocycles. The molecular weight excluding hydrogens is 160 g/mol. The van der Waals surface area contributed by atoms with E-state index in [0.29, 0.717) is 5.75 Å². The summed E-state index contributed by atoms with van der Waals surface area (Å²) in [5.74, 6) is 0.323. The standard InChI is InChI=1S/C8H10O2S/c9-6-7-11(10)8-4-2-1-3-5-8/h1-5,9H,6-7H2. The molecule has 1 unspecified atom stereocenters. The van der Waals surface area contributed by atoms with E-state index in [1.165, 1.54) is 0 Å². The molecule has 1 aromatic carbocycles. The number of hydrogen-bond donors (Lipinski definition) is 1. The molecule has 1 atom stereocenters. The molecule has 0 aliphatic rings. The fourth-order valence-electron chi connectivity index (χ4n) is 0.773. The summed E-state index contributed by atoms with van der Waals surface area (Å²) in [6.07, 6.45) is 0. The van der Waals surface area contributed by atoms with E-state index in [1.807, 2.05) is 18.2 Å². The summed E-state index contributed by atoms with van der Waals surface area (Å²) in [4.78, 5) is 0.779. The Balaban J connectivity index is 2.61. The number of benzene rings is 1. The first kappa shape index (κ1) is 8.59. The van der Waals surface area contributed by atoms with Gasteiger partial charge in [0, 0.05) is 0 Å².